The minimum Gasteiger partial charge on any atom is -0.493 e. The van der Waals surface area contributed by atoms with Crippen LogP contribution in [0.2, 0.25) is 0 Å². The summed E-state index contributed by atoms with van der Waals surface area (Å²) in [5.41, 5.74) is 8.37. The van der Waals surface area contributed by atoms with Gasteiger partial charge in [-0.3, -0.25) is 9.89 Å². The Morgan fingerprint density at radius 3 is 2.72 bits per heavy atom. The van der Waals surface area contributed by atoms with Crippen molar-refractivity contribution in [1.82, 2.24) is 20.6 Å². The number of H-pyrrole nitrogens is 2. The quantitative estimate of drug-likeness (QED) is 0.210. The molecule has 0 saturated carbocycles. The fourth-order valence-corrected chi connectivity index (χ4v) is 3.80. The first-order valence-corrected chi connectivity index (χ1v) is 11.4. The molecule has 3 aromatic carbocycles. The molecule has 3 N–H and O–H groups in total. The zero-order valence-electron chi connectivity index (χ0n) is 19.9. The third-order valence-corrected chi connectivity index (χ3v) is 5.79. The van der Waals surface area contributed by atoms with E-state index in [2.05, 4.69) is 44.8 Å². The number of nitrogens with one attached hydrogen (secondary N) is 3. The van der Waals surface area contributed by atoms with Gasteiger partial charge in [-0.25, -0.2) is 5.43 Å². The number of hydrogen-bond donors (Lipinski definition) is 3. The second-order valence-electron chi connectivity index (χ2n) is 8.30. The van der Waals surface area contributed by atoms with E-state index < -0.39 is 5.91 Å². The van der Waals surface area contributed by atoms with Crippen LogP contribution >= 0.6 is 0 Å². The normalized spacial score (nSPS) is 11.2. The first-order chi connectivity index (χ1) is 17.6. The van der Waals surface area contributed by atoms with Gasteiger partial charge in [0.15, 0.2) is 11.5 Å². The minimum atomic E-state index is -0.394. The molecule has 180 valence electrons. The van der Waals surface area contributed by atoms with Crippen molar-refractivity contribution < 1.29 is 14.3 Å². The van der Waals surface area contributed by atoms with Crippen LogP contribution in [0.3, 0.4) is 0 Å². The van der Waals surface area contributed by atoms with Gasteiger partial charge < -0.3 is 14.5 Å². The average molecular weight is 480 g/mol. The van der Waals surface area contributed by atoms with Gasteiger partial charge >= 0.3 is 0 Å². The lowest BCUT2D eigenvalue weighted by Gasteiger charge is -2.12. The van der Waals surface area contributed by atoms with Gasteiger partial charge in [0.1, 0.15) is 12.3 Å². The standard InChI is InChI=1S/C28H25N5O3/c1-18-7-9-19(10-8-18)17-36-26-12-11-20(13-27(26)35-2)24-14-25(32-31-24)28(34)33-30-16-21-15-29-23-6-4-3-5-22(21)23/h3-16,29H,17H2,1-2H3,(H,31,32)(H,33,34). The molecule has 0 aliphatic carbocycles. The molecule has 8 heteroatoms. The fourth-order valence-electron chi connectivity index (χ4n) is 3.80. The molecule has 0 unspecified atom stereocenters. The Hall–Kier alpha value is -4.85. The van der Waals surface area contributed by atoms with E-state index >= 15 is 0 Å². The first kappa shape index (κ1) is 22.9. The Morgan fingerprint density at radius 1 is 1.06 bits per heavy atom. The summed E-state index contributed by atoms with van der Waals surface area (Å²) < 4.78 is 11.5. The molecule has 0 aliphatic heterocycles. The number of hydrazone groups is 1. The topological polar surface area (TPSA) is 104 Å². The van der Waals surface area contributed by atoms with Crippen molar-refractivity contribution >= 4 is 23.0 Å². The van der Waals surface area contributed by atoms with Crippen molar-refractivity contribution in [3.63, 3.8) is 0 Å². The number of para-hydroxylation sites is 1. The van der Waals surface area contributed by atoms with E-state index in [9.17, 15) is 4.79 Å². The van der Waals surface area contributed by atoms with E-state index in [1.807, 2.05) is 60.8 Å². The molecule has 0 spiro atoms. The van der Waals surface area contributed by atoms with Crippen molar-refractivity contribution in [2.45, 2.75) is 13.5 Å². The number of carbonyl (C=O) groups excluding carboxylic acids is 1. The van der Waals surface area contributed by atoms with Crippen molar-refractivity contribution in [2.24, 2.45) is 5.10 Å². The van der Waals surface area contributed by atoms with E-state index in [-0.39, 0.29) is 0 Å². The van der Waals surface area contributed by atoms with Gasteiger partial charge in [0.2, 0.25) is 0 Å². The van der Waals surface area contributed by atoms with Crippen LogP contribution in [0.25, 0.3) is 22.2 Å². The fraction of sp³-hybridized carbons (Fsp3) is 0.107. The monoisotopic (exact) mass is 479 g/mol. The molecule has 5 rings (SSSR count). The van der Waals surface area contributed by atoms with Gasteiger partial charge in [-0.2, -0.15) is 10.2 Å². The summed E-state index contributed by atoms with van der Waals surface area (Å²) in [6.45, 7) is 2.48. The number of hydrogen-bond acceptors (Lipinski definition) is 5. The second-order valence-corrected chi connectivity index (χ2v) is 8.30. The molecule has 0 radical (unpaired) electrons. The molecule has 2 aromatic heterocycles. The summed E-state index contributed by atoms with van der Waals surface area (Å²) in [6.07, 6.45) is 3.45. The number of methoxy groups -OCH3 is 1. The lowest BCUT2D eigenvalue weighted by Crippen LogP contribution is -2.17. The number of aromatic nitrogens is 3. The molecule has 0 saturated heterocycles. The van der Waals surface area contributed by atoms with Gasteiger partial charge in [-0.05, 0) is 42.8 Å². The van der Waals surface area contributed by atoms with Crippen LogP contribution in [-0.2, 0) is 6.61 Å². The Morgan fingerprint density at radius 2 is 1.89 bits per heavy atom. The number of rotatable bonds is 8. The third-order valence-electron chi connectivity index (χ3n) is 5.79. The summed E-state index contributed by atoms with van der Waals surface area (Å²) >= 11 is 0. The number of ether oxygens (including phenoxy) is 2. The van der Waals surface area contributed by atoms with Crippen LogP contribution in [0, 0.1) is 6.92 Å². The third kappa shape index (κ3) is 4.97. The van der Waals surface area contributed by atoms with E-state index in [0.29, 0.717) is 29.5 Å². The maximum absolute atomic E-state index is 12.6. The summed E-state index contributed by atoms with van der Waals surface area (Å²) in [5, 5.41) is 12.2. The molecular formula is C28H25N5O3. The van der Waals surface area contributed by atoms with E-state index in [1.54, 1.807) is 19.4 Å². The zero-order chi connectivity index (χ0) is 24.9. The molecule has 2 heterocycles. The SMILES string of the molecule is COc1cc(-c2cc(C(=O)NN=Cc3c[nH]c4ccccc34)[nH]n2)ccc1OCc1ccc(C)cc1. The highest BCUT2D eigenvalue weighted by atomic mass is 16.5. The van der Waals surface area contributed by atoms with Gasteiger partial charge in [-0.15, -0.1) is 0 Å². The number of aryl methyl sites for hydroxylation is 1. The van der Waals surface area contributed by atoms with E-state index in [0.717, 1.165) is 27.6 Å². The van der Waals surface area contributed by atoms with Gasteiger partial charge in [0.05, 0.1) is 19.0 Å². The molecule has 5 aromatic rings. The van der Waals surface area contributed by atoms with Crippen LogP contribution in [0.5, 0.6) is 11.5 Å². The van der Waals surface area contributed by atoms with Gasteiger partial charge in [0, 0.05) is 28.2 Å². The predicted molar refractivity (Wildman–Crippen MR) is 139 cm³/mol. The molecule has 0 atom stereocenters. The number of carbonyl (C=O) groups is 1. The summed E-state index contributed by atoms with van der Waals surface area (Å²) in [4.78, 5) is 15.7. The molecule has 8 nitrogen and oxygen atoms in total. The summed E-state index contributed by atoms with van der Waals surface area (Å²) in [5.74, 6) is 0.814. The van der Waals surface area contributed by atoms with Crippen molar-refractivity contribution in [3.05, 3.63) is 101 Å². The lowest BCUT2D eigenvalue weighted by molar-refractivity contribution is 0.0950. The molecule has 36 heavy (non-hydrogen) atoms. The maximum Gasteiger partial charge on any atom is 0.289 e. The Bertz CT molecular complexity index is 1530. The van der Waals surface area contributed by atoms with Crippen molar-refractivity contribution in [2.75, 3.05) is 7.11 Å². The number of fused-ring (bicyclic) bond motifs is 1. The van der Waals surface area contributed by atoms with Gasteiger partial charge in [-0.1, -0.05) is 48.0 Å². The molecule has 0 aliphatic rings. The summed E-state index contributed by atoms with van der Waals surface area (Å²) in [7, 11) is 1.59. The van der Waals surface area contributed by atoms with E-state index in [1.165, 1.54) is 5.56 Å². The van der Waals surface area contributed by atoms with E-state index in [4.69, 9.17) is 9.47 Å². The predicted octanol–water partition coefficient (Wildman–Crippen LogP) is 5.22. The average Bonchev–Trinajstić information content (AvgIpc) is 3.56. The Kier molecular flexibility index (Phi) is 6.48. The minimum absolute atomic E-state index is 0.291. The lowest BCUT2D eigenvalue weighted by atomic mass is 10.1. The number of aromatic amines is 2. The van der Waals surface area contributed by atoms with Crippen LogP contribution in [-0.4, -0.2) is 34.4 Å². The number of benzene rings is 3. The van der Waals surface area contributed by atoms with Crippen molar-refractivity contribution in [3.8, 4) is 22.8 Å². The first-order valence-electron chi connectivity index (χ1n) is 11.4. The molecular weight excluding hydrogens is 454 g/mol. The summed E-state index contributed by atoms with van der Waals surface area (Å²) in [6, 6.07) is 23.3. The largest absolute Gasteiger partial charge is 0.493 e. The van der Waals surface area contributed by atoms with Crippen LogP contribution < -0.4 is 14.9 Å². The smallest absolute Gasteiger partial charge is 0.289 e. The second kappa shape index (κ2) is 10.2. The highest BCUT2D eigenvalue weighted by Crippen LogP contribution is 2.32. The Labute approximate surface area is 208 Å². The molecule has 0 bridgehead atoms. The van der Waals surface area contributed by atoms with Crippen LogP contribution in [0.1, 0.15) is 27.2 Å². The number of amides is 1. The Balaban J connectivity index is 1.24. The number of nitrogens with zero attached hydrogens (tertiary/aromatic N) is 2. The highest BCUT2D eigenvalue weighted by molar-refractivity contribution is 6.00. The molecule has 1 amide bonds. The highest BCUT2D eigenvalue weighted by Gasteiger charge is 2.13. The molecule has 0 fully saturated rings. The van der Waals surface area contributed by atoms with Crippen molar-refractivity contribution in [1.29, 1.82) is 0 Å². The van der Waals surface area contributed by atoms with Gasteiger partial charge in [0.25, 0.3) is 5.91 Å². The van der Waals surface area contributed by atoms with Crippen LogP contribution in [0.4, 0.5) is 0 Å². The zero-order valence-corrected chi connectivity index (χ0v) is 19.9. The van der Waals surface area contributed by atoms with Crippen LogP contribution in [0.15, 0.2) is 84.1 Å². The maximum atomic E-state index is 12.6.